The van der Waals surface area contributed by atoms with Gasteiger partial charge >= 0.3 is 6.03 Å². The van der Waals surface area contributed by atoms with E-state index in [9.17, 15) is 4.79 Å². The fraction of sp³-hybridized carbons (Fsp3) is 0. The van der Waals surface area contributed by atoms with Gasteiger partial charge in [0.1, 0.15) is 0 Å². The molecule has 5 nitrogen and oxygen atoms in total. The normalized spacial score (nSPS) is 8.92. The summed E-state index contributed by atoms with van der Waals surface area (Å²) in [6.45, 7) is 3.27. The maximum Gasteiger partial charge on any atom is 0.316 e. The van der Waals surface area contributed by atoms with E-state index in [4.69, 9.17) is 5.73 Å². The van der Waals surface area contributed by atoms with Crippen molar-refractivity contribution in [3.8, 4) is 0 Å². The largest absolute Gasteiger partial charge is 0.351 e. The van der Waals surface area contributed by atoms with E-state index in [1.807, 2.05) is 0 Å². The highest BCUT2D eigenvalue weighted by molar-refractivity contribution is 5.88. The SMILES string of the molecule is C=NNc1cccc(NC(N)=O)c1. The molecule has 0 unspecified atom stereocenters. The first-order valence-corrected chi connectivity index (χ1v) is 3.60. The molecule has 0 atom stereocenters. The molecule has 0 spiro atoms. The molecule has 68 valence electrons. The Morgan fingerprint density at radius 2 is 2.15 bits per heavy atom. The number of amides is 2. The van der Waals surface area contributed by atoms with Gasteiger partial charge in [-0.05, 0) is 18.2 Å². The molecule has 2 amide bonds. The van der Waals surface area contributed by atoms with Crippen molar-refractivity contribution in [2.75, 3.05) is 10.7 Å². The van der Waals surface area contributed by atoms with Crippen LogP contribution in [0.1, 0.15) is 0 Å². The van der Waals surface area contributed by atoms with Gasteiger partial charge in [0.2, 0.25) is 0 Å². The van der Waals surface area contributed by atoms with Crippen LogP contribution in [0.4, 0.5) is 16.2 Å². The van der Waals surface area contributed by atoms with Crippen LogP contribution in [0.2, 0.25) is 0 Å². The molecule has 0 saturated carbocycles. The highest BCUT2D eigenvalue weighted by Gasteiger charge is 1.96. The van der Waals surface area contributed by atoms with Gasteiger partial charge in [-0.15, -0.1) is 0 Å². The number of rotatable bonds is 3. The first kappa shape index (κ1) is 9.05. The summed E-state index contributed by atoms with van der Waals surface area (Å²) in [6.07, 6.45) is 0. The van der Waals surface area contributed by atoms with E-state index in [0.717, 1.165) is 5.69 Å². The minimum Gasteiger partial charge on any atom is -0.351 e. The van der Waals surface area contributed by atoms with Crippen molar-refractivity contribution in [1.29, 1.82) is 0 Å². The monoisotopic (exact) mass is 178 g/mol. The van der Waals surface area contributed by atoms with Crippen LogP contribution in [0.3, 0.4) is 0 Å². The predicted molar refractivity (Wildman–Crippen MR) is 52.8 cm³/mol. The number of hydrogen-bond donors (Lipinski definition) is 3. The molecule has 0 aliphatic rings. The zero-order valence-corrected chi connectivity index (χ0v) is 6.95. The first-order chi connectivity index (χ1) is 6.22. The predicted octanol–water partition coefficient (Wildman–Crippen LogP) is 1.20. The molecule has 4 N–H and O–H groups in total. The number of nitrogens with zero attached hydrogens (tertiary/aromatic N) is 1. The zero-order chi connectivity index (χ0) is 9.68. The second-order valence-corrected chi connectivity index (χ2v) is 2.34. The molecule has 0 aliphatic carbocycles. The van der Waals surface area contributed by atoms with Gasteiger partial charge in [0.25, 0.3) is 0 Å². The van der Waals surface area contributed by atoms with Gasteiger partial charge in [-0.25, -0.2) is 4.79 Å². The third-order valence-electron chi connectivity index (χ3n) is 1.34. The van der Waals surface area contributed by atoms with Crippen LogP contribution in [0.15, 0.2) is 29.4 Å². The van der Waals surface area contributed by atoms with Gasteiger partial charge in [0.15, 0.2) is 0 Å². The van der Waals surface area contributed by atoms with Crippen molar-refractivity contribution in [1.82, 2.24) is 0 Å². The van der Waals surface area contributed by atoms with Crippen molar-refractivity contribution in [2.45, 2.75) is 0 Å². The lowest BCUT2D eigenvalue weighted by atomic mass is 10.3. The maximum absolute atomic E-state index is 10.5. The number of carbonyl (C=O) groups excluding carboxylic acids is 1. The van der Waals surface area contributed by atoms with E-state index in [2.05, 4.69) is 22.6 Å². The minimum atomic E-state index is -0.594. The van der Waals surface area contributed by atoms with Gasteiger partial charge < -0.3 is 11.1 Å². The Morgan fingerprint density at radius 1 is 1.46 bits per heavy atom. The lowest BCUT2D eigenvalue weighted by Crippen LogP contribution is -2.19. The zero-order valence-electron chi connectivity index (χ0n) is 6.95. The Kier molecular flexibility index (Phi) is 2.86. The summed E-state index contributed by atoms with van der Waals surface area (Å²) in [4.78, 5) is 10.5. The van der Waals surface area contributed by atoms with Gasteiger partial charge in [0, 0.05) is 12.4 Å². The van der Waals surface area contributed by atoms with Crippen LogP contribution in [0.5, 0.6) is 0 Å². The van der Waals surface area contributed by atoms with E-state index in [0.29, 0.717) is 5.69 Å². The molecule has 5 heteroatoms. The molecule has 1 aromatic carbocycles. The molecule has 0 aromatic heterocycles. The quantitative estimate of drug-likeness (QED) is 0.480. The van der Waals surface area contributed by atoms with Crippen molar-refractivity contribution < 1.29 is 4.79 Å². The summed E-state index contributed by atoms with van der Waals surface area (Å²) in [5, 5.41) is 5.92. The Balaban J connectivity index is 2.78. The number of carbonyl (C=O) groups is 1. The van der Waals surface area contributed by atoms with Crippen molar-refractivity contribution >= 4 is 24.1 Å². The number of benzene rings is 1. The second-order valence-electron chi connectivity index (χ2n) is 2.34. The molecular formula is C8H10N4O. The Labute approximate surface area is 75.6 Å². The lowest BCUT2D eigenvalue weighted by molar-refractivity contribution is 0.259. The van der Waals surface area contributed by atoms with Crippen molar-refractivity contribution in [3.63, 3.8) is 0 Å². The van der Waals surface area contributed by atoms with E-state index >= 15 is 0 Å². The van der Waals surface area contributed by atoms with E-state index in [1.54, 1.807) is 24.3 Å². The van der Waals surface area contributed by atoms with Crippen LogP contribution < -0.4 is 16.5 Å². The van der Waals surface area contributed by atoms with Gasteiger partial charge in [0.05, 0.1) is 5.69 Å². The molecular weight excluding hydrogens is 168 g/mol. The topological polar surface area (TPSA) is 79.5 Å². The smallest absolute Gasteiger partial charge is 0.316 e. The minimum absolute atomic E-state index is 0.594. The molecule has 0 heterocycles. The second kappa shape index (κ2) is 4.10. The standard InChI is InChI=1S/C8H10N4O/c1-10-12-7-4-2-3-6(5-7)11-8(9)13/h2-5,12H,1H2,(H3,9,11,13). The number of urea groups is 1. The Morgan fingerprint density at radius 3 is 2.77 bits per heavy atom. The first-order valence-electron chi connectivity index (χ1n) is 3.60. The number of hydrazone groups is 1. The summed E-state index contributed by atoms with van der Waals surface area (Å²) < 4.78 is 0. The van der Waals surface area contributed by atoms with Gasteiger partial charge in [-0.3, -0.25) is 5.43 Å². The van der Waals surface area contributed by atoms with Crippen molar-refractivity contribution in [3.05, 3.63) is 24.3 Å². The third kappa shape index (κ3) is 2.82. The van der Waals surface area contributed by atoms with Crippen LogP contribution in [-0.2, 0) is 0 Å². The average Bonchev–Trinajstić information content (AvgIpc) is 2.04. The number of nitrogens with two attached hydrogens (primary N) is 1. The van der Waals surface area contributed by atoms with Crippen molar-refractivity contribution in [2.24, 2.45) is 10.8 Å². The third-order valence-corrected chi connectivity index (χ3v) is 1.34. The summed E-state index contributed by atoms with van der Waals surface area (Å²) in [5.41, 5.74) is 8.93. The number of anilines is 2. The molecule has 0 fully saturated rings. The molecule has 0 radical (unpaired) electrons. The highest BCUT2D eigenvalue weighted by atomic mass is 16.2. The summed E-state index contributed by atoms with van der Waals surface area (Å²) in [5.74, 6) is 0. The average molecular weight is 178 g/mol. The lowest BCUT2D eigenvalue weighted by Gasteiger charge is -2.03. The maximum atomic E-state index is 10.5. The number of nitrogens with one attached hydrogen (secondary N) is 2. The van der Waals surface area contributed by atoms with Gasteiger partial charge in [-0.2, -0.15) is 5.10 Å². The molecule has 0 aliphatic heterocycles. The molecule has 0 bridgehead atoms. The number of hydrogen-bond acceptors (Lipinski definition) is 3. The summed E-state index contributed by atoms with van der Waals surface area (Å²) >= 11 is 0. The van der Waals surface area contributed by atoms with E-state index < -0.39 is 6.03 Å². The van der Waals surface area contributed by atoms with Crippen LogP contribution in [0, 0.1) is 0 Å². The Hall–Kier alpha value is -2.04. The van der Waals surface area contributed by atoms with E-state index in [-0.39, 0.29) is 0 Å². The van der Waals surface area contributed by atoms with Gasteiger partial charge in [-0.1, -0.05) is 6.07 Å². The molecule has 0 saturated heterocycles. The van der Waals surface area contributed by atoms with E-state index in [1.165, 1.54) is 0 Å². The Bertz CT molecular complexity index is 324. The van der Waals surface area contributed by atoms with Crippen LogP contribution >= 0.6 is 0 Å². The fourth-order valence-electron chi connectivity index (χ4n) is 0.900. The summed E-state index contributed by atoms with van der Waals surface area (Å²) in [6, 6.07) is 6.38. The summed E-state index contributed by atoms with van der Waals surface area (Å²) in [7, 11) is 0. The number of primary amides is 1. The highest BCUT2D eigenvalue weighted by Crippen LogP contribution is 2.14. The fourth-order valence-corrected chi connectivity index (χ4v) is 0.900. The molecule has 1 rings (SSSR count). The molecule has 13 heavy (non-hydrogen) atoms. The van der Waals surface area contributed by atoms with Crippen LogP contribution in [0.25, 0.3) is 0 Å². The molecule has 1 aromatic rings. The van der Waals surface area contributed by atoms with Crippen LogP contribution in [-0.4, -0.2) is 12.7 Å².